The zero-order valence-electron chi connectivity index (χ0n) is 8.81. The third kappa shape index (κ3) is 2.06. The van der Waals surface area contributed by atoms with Gasteiger partial charge in [-0.1, -0.05) is 0 Å². The lowest BCUT2D eigenvalue weighted by atomic mass is 9.88. The van der Waals surface area contributed by atoms with Crippen LogP contribution in [0.25, 0.3) is 0 Å². The number of hydrogen-bond donors (Lipinski definition) is 2. The van der Waals surface area contributed by atoms with Crippen LogP contribution in [0, 0.1) is 11.8 Å². The molecule has 0 saturated carbocycles. The van der Waals surface area contributed by atoms with Crippen LogP contribution in [0.2, 0.25) is 0 Å². The van der Waals surface area contributed by atoms with Crippen LogP contribution >= 0.6 is 0 Å². The molecule has 6 heteroatoms. The maximum absolute atomic E-state index is 11.4. The van der Waals surface area contributed by atoms with Gasteiger partial charge in [-0.05, 0) is 13.0 Å². The molecule has 2 saturated heterocycles. The van der Waals surface area contributed by atoms with E-state index in [1.54, 1.807) is 0 Å². The van der Waals surface area contributed by atoms with Crippen molar-refractivity contribution in [3.8, 4) is 0 Å². The second-order valence-corrected chi connectivity index (χ2v) is 4.30. The lowest BCUT2D eigenvalue weighted by molar-refractivity contribution is -0.137. The number of rotatable bonds is 3. The molecule has 2 atom stereocenters. The van der Waals surface area contributed by atoms with E-state index in [2.05, 4.69) is 5.32 Å². The fraction of sp³-hybridized carbons (Fsp3) is 0.700. The lowest BCUT2D eigenvalue weighted by Gasteiger charge is -2.31. The Kier molecular flexibility index (Phi) is 2.91. The second-order valence-electron chi connectivity index (χ2n) is 4.30. The van der Waals surface area contributed by atoms with E-state index in [1.165, 1.54) is 0 Å². The molecule has 2 amide bonds. The topological polar surface area (TPSA) is 86.7 Å². The summed E-state index contributed by atoms with van der Waals surface area (Å²) in [5.41, 5.74) is 0. The zero-order valence-corrected chi connectivity index (χ0v) is 8.81. The molecule has 0 aromatic rings. The van der Waals surface area contributed by atoms with Gasteiger partial charge in [0.15, 0.2) is 0 Å². The standard InChI is InChI=1S/C10H14N2O4/c13-8(14)2-4-12-3-1-6-7(5-12)10(16)11-9(6)15/h6-7H,1-5H2,(H,13,14)(H,11,15,16)/t6-,7-/m0/s1. The van der Waals surface area contributed by atoms with Crippen molar-refractivity contribution >= 4 is 17.8 Å². The minimum absolute atomic E-state index is 0.0763. The van der Waals surface area contributed by atoms with Gasteiger partial charge in [-0.15, -0.1) is 0 Å². The predicted molar refractivity (Wildman–Crippen MR) is 53.4 cm³/mol. The van der Waals surface area contributed by atoms with E-state index < -0.39 is 5.97 Å². The Labute approximate surface area is 92.6 Å². The van der Waals surface area contributed by atoms with E-state index in [9.17, 15) is 14.4 Å². The maximum atomic E-state index is 11.4. The predicted octanol–water partition coefficient (Wildman–Crippen LogP) is -0.944. The summed E-state index contributed by atoms with van der Waals surface area (Å²) in [5, 5.41) is 10.9. The van der Waals surface area contributed by atoms with Crippen molar-refractivity contribution in [1.82, 2.24) is 10.2 Å². The highest BCUT2D eigenvalue weighted by molar-refractivity contribution is 6.05. The molecule has 0 aromatic carbocycles. The minimum atomic E-state index is -0.839. The van der Waals surface area contributed by atoms with Gasteiger partial charge in [0.2, 0.25) is 11.8 Å². The number of aliphatic carboxylic acids is 1. The first-order valence-electron chi connectivity index (χ1n) is 5.37. The molecule has 6 nitrogen and oxygen atoms in total. The minimum Gasteiger partial charge on any atom is -0.481 e. The molecule has 2 aliphatic rings. The van der Waals surface area contributed by atoms with E-state index in [0.717, 1.165) is 0 Å². The van der Waals surface area contributed by atoms with Gasteiger partial charge >= 0.3 is 5.97 Å². The lowest BCUT2D eigenvalue weighted by Crippen LogP contribution is -2.42. The van der Waals surface area contributed by atoms with Crippen LogP contribution in [0.4, 0.5) is 0 Å². The summed E-state index contributed by atoms with van der Waals surface area (Å²) < 4.78 is 0. The van der Waals surface area contributed by atoms with E-state index in [4.69, 9.17) is 5.11 Å². The summed E-state index contributed by atoms with van der Waals surface area (Å²) in [6, 6.07) is 0. The van der Waals surface area contributed by atoms with Crippen molar-refractivity contribution in [2.75, 3.05) is 19.6 Å². The molecule has 2 fully saturated rings. The number of likely N-dealkylation sites (tertiary alicyclic amines) is 1. The summed E-state index contributed by atoms with van der Waals surface area (Å²) in [5.74, 6) is -1.71. The highest BCUT2D eigenvalue weighted by Gasteiger charge is 2.44. The number of piperidine rings is 1. The molecule has 16 heavy (non-hydrogen) atoms. The van der Waals surface area contributed by atoms with Crippen LogP contribution in [-0.4, -0.2) is 47.4 Å². The number of fused-ring (bicyclic) bond motifs is 1. The van der Waals surface area contributed by atoms with Gasteiger partial charge in [-0.3, -0.25) is 19.7 Å². The molecule has 0 aliphatic carbocycles. The Morgan fingerprint density at radius 3 is 2.75 bits per heavy atom. The molecular weight excluding hydrogens is 212 g/mol. The molecule has 88 valence electrons. The molecule has 0 bridgehead atoms. The fourth-order valence-corrected chi connectivity index (χ4v) is 2.36. The van der Waals surface area contributed by atoms with E-state index in [-0.39, 0.29) is 30.1 Å². The van der Waals surface area contributed by atoms with Gasteiger partial charge in [-0.2, -0.15) is 0 Å². The van der Waals surface area contributed by atoms with Crippen molar-refractivity contribution in [2.24, 2.45) is 11.8 Å². The second kappa shape index (κ2) is 4.21. The third-order valence-electron chi connectivity index (χ3n) is 3.26. The summed E-state index contributed by atoms with van der Waals surface area (Å²) in [4.78, 5) is 35.1. The number of hydrogen-bond acceptors (Lipinski definition) is 4. The van der Waals surface area contributed by atoms with Gasteiger partial charge in [-0.25, -0.2) is 0 Å². The van der Waals surface area contributed by atoms with Gasteiger partial charge in [0.05, 0.1) is 18.3 Å². The van der Waals surface area contributed by atoms with Crippen LogP contribution in [0.3, 0.4) is 0 Å². The van der Waals surface area contributed by atoms with Crippen LogP contribution in [0.15, 0.2) is 0 Å². The maximum Gasteiger partial charge on any atom is 0.304 e. The SMILES string of the molecule is O=C(O)CCN1CC[C@@H]2C(=O)NC(=O)[C@H]2C1. The average molecular weight is 226 g/mol. The molecule has 2 N–H and O–H groups in total. The highest BCUT2D eigenvalue weighted by Crippen LogP contribution is 2.28. The molecule has 0 aromatic heterocycles. The summed E-state index contributed by atoms with van der Waals surface area (Å²) in [6.45, 7) is 1.63. The van der Waals surface area contributed by atoms with Crippen LogP contribution in [0.5, 0.6) is 0 Å². The number of carboxylic acids is 1. The molecule has 0 unspecified atom stereocenters. The average Bonchev–Trinajstić information content (AvgIpc) is 2.52. The molecule has 0 spiro atoms. The summed E-state index contributed by atoms with van der Waals surface area (Å²) in [6.07, 6.45) is 0.717. The molecular formula is C10H14N2O4. The quantitative estimate of drug-likeness (QED) is 0.606. The van der Waals surface area contributed by atoms with E-state index in [0.29, 0.717) is 26.1 Å². The number of amides is 2. The third-order valence-corrected chi connectivity index (χ3v) is 3.26. The van der Waals surface area contributed by atoms with Crippen molar-refractivity contribution in [3.05, 3.63) is 0 Å². The van der Waals surface area contributed by atoms with Gasteiger partial charge in [0, 0.05) is 13.1 Å². The first-order chi connectivity index (χ1) is 7.58. The van der Waals surface area contributed by atoms with Crippen molar-refractivity contribution < 1.29 is 19.5 Å². The molecule has 0 radical (unpaired) electrons. The van der Waals surface area contributed by atoms with Crippen LogP contribution < -0.4 is 5.32 Å². The van der Waals surface area contributed by atoms with Gasteiger partial charge in [0.1, 0.15) is 0 Å². The Morgan fingerprint density at radius 2 is 2.06 bits per heavy atom. The van der Waals surface area contributed by atoms with E-state index >= 15 is 0 Å². The number of imide groups is 1. The monoisotopic (exact) mass is 226 g/mol. The van der Waals surface area contributed by atoms with Crippen molar-refractivity contribution in [3.63, 3.8) is 0 Å². The fourth-order valence-electron chi connectivity index (χ4n) is 2.36. The molecule has 2 aliphatic heterocycles. The van der Waals surface area contributed by atoms with E-state index in [1.807, 2.05) is 4.90 Å². The van der Waals surface area contributed by atoms with Gasteiger partial charge < -0.3 is 10.0 Å². The highest BCUT2D eigenvalue weighted by atomic mass is 16.4. The van der Waals surface area contributed by atoms with Crippen molar-refractivity contribution in [1.29, 1.82) is 0 Å². The van der Waals surface area contributed by atoms with Gasteiger partial charge in [0.25, 0.3) is 0 Å². The number of carbonyl (C=O) groups is 3. The molecule has 2 rings (SSSR count). The Morgan fingerprint density at radius 1 is 1.38 bits per heavy atom. The Balaban J connectivity index is 1.92. The first-order valence-corrected chi connectivity index (χ1v) is 5.37. The first kappa shape index (κ1) is 11.1. The Bertz CT molecular complexity index is 342. The van der Waals surface area contributed by atoms with Crippen LogP contribution in [-0.2, 0) is 14.4 Å². The Hall–Kier alpha value is -1.43. The number of nitrogens with zero attached hydrogens (tertiary/aromatic N) is 1. The largest absolute Gasteiger partial charge is 0.481 e. The zero-order chi connectivity index (χ0) is 11.7. The summed E-state index contributed by atoms with van der Waals surface area (Å²) in [7, 11) is 0. The van der Waals surface area contributed by atoms with Crippen LogP contribution in [0.1, 0.15) is 12.8 Å². The smallest absolute Gasteiger partial charge is 0.304 e. The molecule has 2 heterocycles. The normalized spacial score (nSPS) is 30.0. The number of carboxylic acid groups (broad SMARTS) is 1. The number of carbonyl (C=O) groups excluding carboxylic acids is 2. The van der Waals surface area contributed by atoms with Crippen molar-refractivity contribution in [2.45, 2.75) is 12.8 Å². The number of nitrogens with one attached hydrogen (secondary N) is 1. The summed E-state index contributed by atoms with van der Waals surface area (Å²) >= 11 is 0.